The molecule has 0 aromatic rings. The van der Waals surface area contributed by atoms with Crippen molar-refractivity contribution in [1.29, 1.82) is 0 Å². The summed E-state index contributed by atoms with van der Waals surface area (Å²) in [6, 6.07) is 0. The van der Waals surface area contributed by atoms with Crippen LogP contribution in [-0.2, 0) is 14.2 Å². The van der Waals surface area contributed by atoms with Gasteiger partial charge in [-0.2, -0.15) is 0 Å². The van der Waals surface area contributed by atoms with Gasteiger partial charge in [-0.05, 0) is 104 Å². The van der Waals surface area contributed by atoms with E-state index in [0.717, 1.165) is 43.3 Å². The van der Waals surface area contributed by atoms with Crippen LogP contribution in [0.2, 0.25) is 0 Å². The Kier molecular flexibility index (Phi) is 4.12. The fraction of sp³-hybridized carbons (Fsp3) is 1.00. The van der Waals surface area contributed by atoms with Gasteiger partial charge in [0.15, 0.2) is 5.79 Å². The Labute approximate surface area is 189 Å². The summed E-state index contributed by atoms with van der Waals surface area (Å²) in [6.07, 6.45) is 14.0. The monoisotopic (exact) mass is 428 g/mol. The van der Waals surface area contributed by atoms with Crippen LogP contribution < -0.4 is 0 Å². The topological polar surface area (TPSA) is 31.0 Å². The maximum atomic E-state index is 6.94. The van der Waals surface area contributed by atoms with Crippen molar-refractivity contribution in [3.8, 4) is 0 Å². The Balaban J connectivity index is 1.15. The van der Waals surface area contributed by atoms with Crippen LogP contribution in [0, 0.1) is 52.3 Å². The number of hydrogen-bond acceptors (Lipinski definition) is 3. The third-order valence-electron chi connectivity index (χ3n) is 12.6. The molecule has 4 saturated carbocycles. The lowest BCUT2D eigenvalue weighted by atomic mass is 9.44. The molecule has 3 saturated heterocycles. The van der Waals surface area contributed by atoms with Gasteiger partial charge in [0.25, 0.3) is 0 Å². The van der Waals surface area contributed by atoms with Gasteiger partial charge >= 0.3 is 0 Å². The fourth-order valence-electron chi connectivity index (χ4n) is 10.7. The summed E-state index contributed by atoms with van der Waals surface area (Å²) in [6.45, 7) is 12.1. The van der Waals surface area contributed by atoms with E-state index in [1.54, 1.807) is 0 Å². The Bertz CT molecular complexity index is 751. The molecule has 0 aromatic carbocycles. The molecule has 0 radical (unpaired) electrons. The highest BCUT2D eigenvalue weighted by atomic mass is 16.7. The van der Waals surface area contributed by atoms with Gasteiger partial charge in [-0.3, -0.25) is 0 Å². The Morgan fingerprint density at radius 3 is 2.39 bits per heavy atom. The molecule has 0 aromatic heterocycles. The summed E-state index contributed by atoms with van der Waals surface area (Å²) in [5, 5.41) is 0. The molecular weight excluding hydrogens is 384 g/mol. The largest absolute Gasteiger partial charge is 0.370 e. The summed E-state index contributed by atoms with van der Waals surface area (Å²) in [4.78, 5) is 0. The first kappa shape index (κ1) is 20.3. The van der Waals surface area contributed by atoms with Crippen molar-refractivity contribution in [3.63, 3.8) is 0 Å². The van der Waals surface area contributed by atoms with Gasteiger partial charge < -0.3 is 14.2 Å². The molecule has 4 aliphatic carbocycles. The average molecular weight is 429 g/mol. The molecule has 3 nitrogen and oxygen atoms in total. The van der Waals surface area contributed by atoms with E-state index >= 15 is 0 Å². The lowest BCUT2D eigenvalue weighted by Crippen LogP contribution is -2.55. The minimum absolute atomic E-state index is 0.266. The molecule has 3 unspecified atom stereocenters. The molecular formula is C28H44O3. The van der Waals surface area contributed by atoms with Gasteiger partial charge in [-0.1, -0.05) is 27.7 Å². The summed E-state index contributed by atoms with van der Waals surface area (Å²) >= 11 is 0. The third-order valence-corrected chi connectivity index (χ3v) is 12.6. The van der Waals surface area contributed by atoms with Crippen LogP contribution in [0.4, 0.5) is 0 Å². The summed E-state index contributed by atoms with van der Waals surface area (Å²) in [5.41, 5.74) is 1.34. The van der Waals surface area contributed by atoms with Crippen LogP contribution in [0.15, 0.2) is 0 Å². The zero-order valence-electron chi connectivity index (χ0n) is 20.3. The van der Waals surface area contributed by atoms with E-state index in [2.05, 4.69) is 27.7 Å². The standard InChI is InChI=1S/C28H44O3/c1-17-7-10-28(29-15-17)18(2)24-23(31-28)13-22-20-6-5-19-14-27(16-30-27)12-11-25(19,3)21(20)8-9-26(22,24)4/h17-24H,5-16H2,1-4H3/t17?,18-,19?,20+,21-,22-,23-,24-,25-,26-,27?,28+/m0/s1. The molecule has 0 N–H and O–H groups in total. The maximum Gasteiger partial charge on any atom is 0.171 e. The average Bonchev–Trinajstić information content (AvgIpc) is 3.36. The normalized spacial score (nSPS) is 64.6. The number of hydrogen-bond donors (Lipinski definition) is 0. The highest BCUT2D eigenvalue weighted by Gasteiger charge is 2.69. The Hall–Kier alpha value is -0.120. The zero-order valence-corrected chi connectivity index (χ0v) is 20.3. The molecule has 12 atom stereocenters. The smallest absolute Gasteiger partial charge is 0.171 e. The van der Waals surface area contributed by atoms with Crippen LogP contribution in [0.25, 0.3) is 0 Å². The van der Waals surface area contributed by atoms with E-state index in [-0.39, 0.29) is 5.79 Å². The highest BCUT2D eigenvalue weighted by Crippen LogP contribution is 2.72. The summed E-state index contributed by atoms with van der Waals surface area (Å²) in [7, 11) is 0. The van der Waals surface area contributed by atoms with Crippen molar-refractivity contribution in [3.05, 3.63) is 0 Å². The quantitative estimate of drug-likeness (QED) is 0.430. The van der Waals surface area contributed by atoms with E-state index in [9.17, 15) is 0 Å². The van der Waals surface area contributed by atoms with Gasteiger partial charge in [0.05, 0.1) is 24.9 Å². The molecule has 7 rings (SSSR count). The van der Waals surface area contributed by atoms with E-state index < -0.39 is 0 Å². The second kappa shape index (κ2) is 6.30. The molecule has 174 valence electrons. The molecule has 3 heterocycles. The predicted molar refractivity (Wildman–Crippen MR) is 120 cm³/mol. The highest BCUT2D eigenvalue weighted by molar-refractivity contribution is 5.16. The van der Waals surface area contributed by atoms with E-state index in [0.29, 0.717) is 40.3 Å². The number of epoxide rings is 1. The van der Waals surface area contributed by atoms with Crippen molar-refractivity contribution in [2.75, 3.05) is 13.2 Å². The lowest BCUT2D eigenvalue weighted by Gasteiger charge is -2.61. The van der Waals surface area contributed by atoms with Crippen LogP contribution in [-0.4, -0.2) is 30.7 Å². The Morgan fingerprint density at radius 2 is 1.65 bits per heavy atom. The Morgan fingerprint density at radius 1 is 0.806 bits per heavy atom. The van der Waals surface area contributed by atoms with E-state index in [1.807, 2.05) is 0 Å². The first-order valence-electron chi connectivity index (χ1n) is 13.7. The van der Waals surface area contributed by atoms with Crippen LogP contribution in [0.3, 0.4) is 0 Å². The molecule has 7 fully saturated rings. The van der Waals surface area contributed by atoms with Crippen LogP contribution >= 0.6 is 0 Å². The summed E-state index contributed by atoms with van der Waals surface area (Å²) < 4.78 is 19.4. The van der Waals surface area contributed by atoms with Gasteiger partial charge in [-0.25, -0.2) is 0 Å². The second-order valence-corrected chi connectivity index (χ2v) is 13.9. The zero-order chi connectivity index (χ0) is 21.2. The first-order valence-corrected chi connectivity index (χ1v) is 13.7. The van der Waals surface area contributed by atoms with E-state index in [1.165, 1.54) is 57.8 Å². The molecule has 3 heteroatoms. The molecule has 2 spiro atoms. The fourth-order valence-corrected chi connectivity index (χ4v) is 10.7. The molecule has 0 bridgehead atoms. The van der Waals surface area contributed by atoms with Crippen LogP contribution in [0.1, 0.15) is 91.9 Å². The number of fused-ring (bicyclic) bond motifs is 7. The summed E-state index contributed by atoms with van der Waals surface area (Å²) in [5.74, 6) is 5.32. The second-order valence-electron chi connectivity index (χ2n) is 13.9. The van der Waals surface area contributed by atoms with Crippen molar-refractivity contribution < 1.29 is 14.2 Å². The maximum absolute atomic E-state index is 6.94. The molecule has 3 aliphatic heterocycles. The van der Waals surface area contributed by atoms with E-state index in [4.69, 9.17) is 14.2 Å². The first-order chi connectivity index (χ1) is 14.8. The predicted octanol–water partition coefficient (Wildman–Crippen LogP) is 6.20. The molecule has 31 heavy (non-hydrogen) atoms. The number of rotatable bonds is 0. The van der Waals surface area contributed by atoms with Gasteiger partial charge in [0.1, 0.15) is 0 Å². The van der Waals surface area contributed by atoms with Crippen molar-refractivity contribution in [2.45, 2.75) is 109 Å². The van der Waals surface area contributed by atoms with Gasteiger partial charge in [0.2, 0.25) is 0 Å². The minimum Gasteiger partial charge on any atom is -0.370 e. The molecule has 7 aliphatic rings. The van der Waals surface area contributed by atoms with Crippen LogP contribution in [0.5, 0.6) is 0 Å². The molecule has 0 amide bonds. The number of ether oxygens (including phenoxy) is 3. The van der Waals surface area contributed by atoms with Gasteiger partial charge in [0, 0.05) is 12.3 Å². The minimum atomic E-state index is -0.266. The van der Waals surface area contributed by atoms with Crippen molar-refractivity contribution in [1.82, 2.24) is 0 Å². The SMILES string of the molecule is CC1CC[C@@]2(OC1)O[C@H]1C[C@H]3[C@@H]4CCC5CC6(CC[C@]5(C)[C@H]4CC[C@]3(C)[C@H]1[C@@H]2C)CO6. The van der Waals surface area contributed by atoms with Crippen molar-refractivity contribution in [2.24, 2.45) is 52.3 Å². The third kappa shape index (κ3) is 2.58. The lowest BCUT2D eigenvalue weighted by molar-refractivity contribution is -0.273. The van der Waals surface area contributed by atoms with Gasteiger partial charge in [-0.15, -0.1) is 0 Å². The van der Waals surface area contributed by atoms with Crippen molar-refractivity contribution >= 4 is 0 Å².